The number of carbonyl (C=O) groups is 2. The van der Waals surface area contributed by atoms with E-state index in [1.807, 2.05) is 6.07 Å². The zero-order valence-electron chi connectivity index (χ0n) is 16.5. The predicted octanol–water partition coefficient (Wildman–Crippen LogP) is 1.43. The van der Waals surface area contributed by atoms with Crippen molar-refractivity contribution in [3.05, 3.63) is 35.1 Å². The van der Waals surface area contributed by atoms with Crippen molar-refractivity contribution in [2.45, 2.75) is 31.7 Å². The molecule has 1 aromatic carbocycles. The van der Waals surface area contributed by atoms with Gasteiger partial charge in [0.15, 0.2) is 0 Å². The average Bonchev–Trinajstić information content (AvgIpc) is 2.74. The highest BCUT2D eigenvalue weighted by Crippen LogP contribution is 2.25. The Labute approximate surface area is 170 Å². The van der Waals surface area contributed by atoms with Crippen molar-refractivity contribution in [2.24, 2.45) is 5.92 Å². The van der Waals surface area contributed by atoms with Gasteiger partial charge in [-0.3, -0.25) is 14.5 Å². The molecule has 2 aliphatic rings. The van der Waals surface area contributed by atoms with E-state index in [4.69, 9.17) is 10.00 Å². The third kappa shape index (κ3) is 6.24. The van der Waals surface area contributed by atoms with Gasteiger partial charge in [-0.1, -0.05) is 0 Å². The Hall–Kier alpha value is -2.50. The van der Waals surface area contributed by atoms with Gasteiger partial charge >= 0.3 is 0 Å². The number of hydrogen-bond acceptors (Lipinski definition) is 5. The number of nitriles is 1. The molecule has 0 bridgehead atoms. The number of halogens is 1. The molecule has 3 rings (SSSR count). The predicted molar refractivity (Wildman–Crippen MR) is 105 cm³/mol. The summed E-state index contributed by atoms with van der Waals surface area (Å²) in [6.45, 7) is 4.77. The number of carbonyl (C=O) groups excluding carboxylic acids is 2. The number of morpholine rings is 1. The molecule has 0 radical (unpaired) electrons. The highest BCUT2D eigenvalue weighted by Gasteiger charge is 2.27. The van der Waals surface area contributed by atoms with Crippen LogP contribution in [0.5, 0.6) is 0 Å². The zero-order chi connectivity index (χ0) is 20.6. The highest BCUT2D eigenvalue weighted by atomic mass is 19.1. The second-order valence-corrected chi connectivity index (χ2v) is 7.61. The quantitative estimate of drug-likeness (QED) is 0.751. The van der Waals surface area contributed by atoms with Gasteiger partial charge in [0, 0.05) is 43.7 Å². The molecule has 2 amide bonds. The van der Waals surface area contributed by atoms with Gasteiger partial charge in [-0.25, -0.2) is 4.39 Å². The first-order valence-electron chi connectivity index (χ1n) is 10.1. The van der Waals surface area contributed by atoms with Crippen LogP contribution in [-0.2, 0) is 9.53 Å². The lowest BCUT2D eigenvalue weighted by atomic mass is 9.85. The van der Waals surface area contributed by atoms with Crippen LogP contribution < -0.4 is 10.6 Å². The summed E-state index contributed by atoms with van der Waals surface area (Å²) in [4.78, 5) is 27.0. The van der Waals surface area contributed by atoms with Crippen LogP contribution in [0.25, 0.3) is 0 Å². The van der Waals surface area contributed by atoms with Crippen LogP contribution in [0.4, 0.5) is 4.39 Å². The molecule has 7 nitrogen and oxygen atoms in total. The Kier molecular flexibility index (Phi) is 7.55. The maximum Gasteiger partial charge on any atom is 0.251 e. The number of nitrogens with one attached hydrogen (secondary N) is 2. The molecule has 1 saturated heterocycles. The van der Waals surface area contributed by atoms with Crippen LogP contribution in [0, 0.1) is 23.1 Å². The molecule has 1 aliphatic heterocycles. The molecule has 156 valence electrons. The minimum atomic E-state index is -0.605. The van der Waals surface area contributed by atoms with Gasteiger partial charge < -0.3 is 15.4 Å². The lowest BCUT2D eigenvalue weighted by molar-refractivity contribution is -0.126. The maximum absolute atomic E-state index is 13.5. The number of amides is 2. The Bertz CT molecular complexity index is 766. The van der Waals surface area contributed by atoms with Crippen molar-refractivity contribution >= 4 is 11.8 Å². The fourth-order valence-electron chi connectivity index (χ4n) is 3.86. The van der Waals surface area contributed by atoms with E-state index < -0.39 is 5.82 Å². The van der Waals surface area contributed by atoms with Gasteiger partial charge in [0.25, 0.3) is 5.91 Å². The Balaban J connectivity index is 1.39. The Morgan fingerprint density at radius 1 is 1.17 bits per heavy atom. The van der Waals surface area contributed by atoms with Gasteiger partial charge in [0.2, 0.25) is 5.91 Å². The molecule has 0 atom stereocenters. The molecule has 1 heterocycles. The van der Waals surface area contributed by atoms with E-state index in [0.717, 1.165) is 45.0 Å². The van der Waals surface area contributed by atoms with Crippen molar-refractivity contribution in [1.29, 1.82) is 5.26 Å². The monoisotopic (exact) mass is 402 g/mol. The fourth-order valence-corrected chi connectivity index (χ4v) is 3.86. The van der Waals surface area contributed by atoms with Crippen molar-refractivity contribution < 1.29 is 18.7 Å². The molecule has 1 aromatic rings. The SMILES string of the molecule is N#Cc1cc(F)cc(C(=O)NC2CCC(C(=O)NCCN3CCOCC3)CC2)c1. The van der Waals surface area contributed by atoms with Gasteiger partial charge in [0.1, 0.15) is 5.82 Å². The van der Waals surface area contributed by atoms with E-state index in [1.54, 1.807) is 0 Å². The second-order valence-electron chi connectivity index (χ2n) is 7.61. The third-order valence-electron chi connectivity index (χ3n) is 5.55. The minimum Gasteiger partial charge on any atom is -0.379 e. The number of rotatable bonds is 6. The van der Waals surface area contributed by atoms with Crippen molar-refractivity contribution in [3.8, 4) is 6.07 Å². The van der Waals surface area contributed by atoms with Crippen LogP contribution in [0.15, 0.2) is 18.2 Å². The van der Waals surface area contributed by atoms with E-state index in [1.165, 1.54) is 6.07 Å². The van der Waals surface area contributed by atoms with E-state index >= 15 is 0 Å². The van der Waals surface area contributed by atoms with Gasteiger partial charge in [-0.2, -0.15) is 5.26 Å². The summed E-state index contributed by atoms with van der Waals surface area (Å²) >= 11 is 0. The summed E-state index contributed by atoms with van der Waals surface area (Å²) in [6, 6.07) is 5.41. The van der Waals surface area contributed by atoms with Crippen LogP contribution in [-0.4, -0.2) is 62.1 Å². The lowest BCUT2D eigenvalue weighted by Crippen LogP contribution is -2.44. The van der Waals surface area contributed by atoms with E-state index in [2.05, 4.69) is 15.5 Å². The molecule has 2 fully saturated rings. The van der Waals surface area contributed by atoms with Crippen LogP contribution in [0.2, 0.25) is 0 Å². The summed E-state index contributed by atoms with van der Waals surface area (Å²) in [5.74, 6) is -0.954. The largest absolute Gasteiger partial charge is 0.379 e. The van der Waals surface area contributed by atoms with E-state index in [0.29, 0.717) is 32.2 Å². The van der Waals surface area contributed by atoms with Crippen molar-refractivity contribution in [1.82, 2.24) is 15.5 Å². The maximum atomic E-state index is 13.5. The normalized spacial score (nSPS) is 22.5. The van der Waals surface area contributed by atoms with Crippen LogP contribution in [0.1, 0.15) is 41.6 Å². The summed E-state index contributed by atoms with van der Waals surface area (Å²) in [5.41, 5.74) is 0.261. The summed E-state index contributed by atoms with van der Waals surface area (Å²) in [5, 5.41) is 14.8. The average molecular weight is 402 g/mol. The molecule has 2 N–H and O–H groups in total. The van der Waals surface area contributed by atoms with Crippen LogP contribution in [0.3, 0.4) is 0 Å². The van der Waals surface area contributed by atoms with Gasteiger partial charge in [-0.05, 0) is 43.9 Å². The summed E-state index contributed by atoms with van der Waals surface area (Å²) < 4.78 is 18.8. The number of ether oxygens (including phenoxy) is 1. The van der Waals surface area contributed by atoms with Crippen molar-refractivity contribution in [2.75, 3.05) is 39.4 Å². The first-order chi connectivity index (χ1) is 14.0. The molecule has 1 saturated carbocycles. The standard InChI is InChI=1S/C21H27FN4O3/c22-18-12-15(14-23)11-17(13-18)21(28)25-19-3-1-16(2-4-19)20(27)24-5-6-26-7-9-29-10-8-26/h11-13,16,19H,1-10H2,(H,24,27)(H,25,28). The third-order valence-corrected chi connectivity index (χ3v) is 5.55. The molecule has 0 spiro atoms. The fraction of sp³-hybridized carbons (Fsp3) is 0.571. The van der Waals surface area contributed by atoms with Crippen molar-refractivity contribution in [3.63, 3.8) is 0 Å². The molecule has 0 unspecified atom stereocenters. The number of hydrogen-bond donors (Lipinski definition) is 2. The number of benzene rings is 1. The first-order valence-corrected chi connectivity index (χ1v) is 10.1. The summed E-state index contributed by atoms with van der Waals surface area (Å²) in [7, 11) is 0. The Morgan fingerprint density at radius 3 is 2.59 bits per heavy atom. The second kappa shape index (κ2) is 10.3. The topological polar surface area (TPSA) is 94.5 Å². The molecule has 29 heavy (non-hydrogen) atoms. The van der Waals surface area contributed by atoms with Gasteiger partial charge in [0.05, 0.1) is 24.8 Å². The van der Waals surface area contributed by atoms with Gasteiger partial charge in [-0.15, -0.1) is 0 Å². The zero-order valence-corrected chi connectivity index (χ0v) is 16.5. The van der Waals surface area contributed by atoms with Crippen LogP contribution >= 0.6 is 0 Å². The molecule has 1 aliphatic carbocycles. The van der Waals surface area contributed by atoms with E-state index in [-0.39, 0.29) is 34.9 Å². The Morgan fingerprint density at radius 2 is 1.90 bits per heavy atom. The molecule has 0 aromatic heterocycles. The van der Waals surface area contributed by atoms with E-state index in [9.17, 15) is 14.0 Å². The smallest absolute Gasteiger partial charge is 0.251 e. The highest BCUT2D eigenvalue weighted by molar-refractivity contribution is 5.94. The molecular weight excluding hydrogens is 375 g/mol. The first kappa shape index (κ1) is 21.2. The summed E-state index contributed by atoms with van der Waals surface area (Å²) in [6.07, 6.45) is 2.82. The molecular formula is C21H27FN4O3. The molecule has 8 heteroatoms. The number of nitrogens with zero attached hydrogens (tertiary/aromatic N) is 2. The lowest BCUT2D eigenvalue weighted by Gasteiger charge is -2.29. The minimum absolute atomic E-state index is 0.0350.